The lowest BCUT2D eigenvalue weighted by Gasteiger charge is -2.35. The second-order valence-corrected chi connectivity index (χ2v) is 8.73. The van der Waals surface area contributed by atoms with Gasteiger partial charge in [0.15, 0.2) is 5.65 Å². The standard InChI is InChI=1S/C19H22N8OS/c1-10-5-15(23-26-9-13(4)21-17(10)26)14-6-16(28)27-18(22-14)29-19(24-27)25-7-11(2)20-12(3)8-25/h5-6,9,11-12,20H,7-8H2,1-4H3/t11-,12+. The van der Waals surface area contributed by atoms with Gasteiger partial charge in [0.2, 0.25) is 10.1 Å². The molecule has 10 heteroatoms. The third kappa shape index (κ3) is 3.18. The van der Waals surface area contributed by atoms with Crippen LogP contribution in [0.4, 0.5) is 5.13 Å². The fraction of sp³-hybridized carbons (Fsp3) is 0.421. The van der Waals surface area contributed by atoms with Crippen molar-refractivity contribution in [1.82, 2.24) is 34.5 Å². The summed E-state index contributed by atoms with van der Waals surface area (Å²) >= 11 is 1.43. The third-order valence-electron chi connectivity index (χ3n) is 5.05. The Labute approximate surface area is 171 Å². The minimum absolute atomic E-state index is 0.204. The minimum Gasteiger partial charge on any atom is -0.344 e. The number of hydrogen-bond donors (Lipinski definition) is 1. The summed E-state index contributed by atoms with van der Waals surface area (Å²) < 4.78 is 3.12. The number of aromatic nitrogens is 6. The van der Waals surface area contributed by atoms with E-state index in [0.29, 0.717) is 28.4 Å². The number of rotatable bonds is 2. The van der Waals surface area contributed by atoms with Crippen LogP contribution in [0.2, 0.25) is 0 Å². The van der Waals surface area contributed by atoms with Gasteiger partial charge in [0.05, 0.1) is 17.6 Å². The van der Waals surface area contributed by atoms with Crippen LogP contribution in [0, 0.1) is 13.8 Å². The lowest BCUT2D eigenvalue weighted by Crippen LogP contribution is -2.54. The predicted molar refractivity (Wildman–Crippen MR) is 113 cm³/mol. The molecule has 0 radical (unpaired) electrons. The molecular formula is C19H22N8OS. The zero-order valence-electron chi connectivity index (χ0n) is 16.7. The normalized spacial score (nSPS) is 20.1. The van der Waals surface area contributed by atoms with Gasteiger partial charge in [0.25, 0.3) is 5.56 Å². The molecule has 0 saturated carbocycles. The topological polar surface area (TPSA) is 92.7 Å². The number of hydrogen-bond acceptors (Lipinski definition) is 8. The highest BCUT2D eigenvalue weighted by atomic mass is 32.1. The number of imidazole rings is 1. The van der Waals surface area contributed by atoms with Gasteiger partial charge in [-0.15, -0.1) is 5.10 Å². The first-order chi connectivity index (χ1) is 13.9. The van der Waals surface area contributed by atoms with E-state index >= 15 is 0 Å². The number of nitrogens with one attached hydrogen (secondary N) is 1. The molecule has 5 heterocycles. The molecule has 0 aromatic carbocycles. The van der Waals surface area contributed by atoms with E-state index in [1.807, 2.05) is 26.1 Å². The molecule has 5 rings (SSSR count). The van der Waals surface area contributed by atoms with Gasteiger partial charge < -0.3 is 10.2 Å². The van der Waals surface area contributed by atoms with Crippen LogP contribution in [-0.4, -0.2) is 54.4 Å². The van der Waals surface area contributed by atoms with Crippen LogP contribution in [-0.2, 0) is 0 Å². The van der Waals surface area contributed by atoms with Crippen LogP contribution in [0.25, 0.3) is 22.0 Å². The van der Waals surface area contributed by atoms with Crippen molar-refractivity contribution in [3.63, 3.8) is 0 Å². The molecule has 0 amide bonds. The first-order valence-electron chi connectivity index (χ1n) is 9.63. The Kier molecular flexibility index (Phi) is 4.14. The van der Waals surface area contributed by atoms with Gasteiger partial charge in [-0.3, -0.25) is 4.79 Å². The molecule has 0 bridgehead atoms. The first kappa shape index (κ1) is 18.2. The van der Waals surface area contributed by atoms with Crippen molar-refractivity contribution in [1.29, 1.82) is 0 Å². The van der Waals surface area contributed by atoms with Gasteiger partial charge in [0.1, 0.15) is 5.69 Å². The van der Waals surface area contributed by atoms with Crippen LogP contribution < -0.4 is 15.8 Å². The van der Waals surface area contributed by atoms with E-state index in [1.54, 1.807) is 4.52 Å². The third-order valence-corrected chi connectivity index (χ3v) is 6.02. The smallest absolute Gasteiger partial charge is 0.275 e. The fourth-order valence-electron chi connectivity index (χ4n) is 3.91. The van der Waals surface area contributed by atoms with Crippen LogP contribution in [0.5, 0.6) is 0 Å². The molecule has 0 unspecified atom stereocenters. The lowest BCUT2D eigenvalue weighted by atomic mass is 10.2. The number of fused-ring (bicyclic) bond motifs is 2. The zero-order valence-corrected chi connectivity index (χ0v) is 17.6. The molecule has 9 nitrogen and oxygen atoms in total. The number of aryl methyl sites for hydroxylation is 2. The lowest BCUT2D eigenvalue weighted by molar-refractivity contribution is 0.406. The van der Waals surface area contributed by atoms with E-state index in [9.17, 15) is 4.79 Å². The number of piperazine rings is 1. The molecule has 0 spiro atoms. The molecule has 1 saturated heterocycles. The van der Waals surface area contributed by atoms with Gasteiger partial charge in [0, 0.05) is 31.2 Å². The molecule has 1 N–H and O–H groups in total. The van der Waals surface area contributed by atoms with Crippen molar-refractivity contribution < 1.29 is 0 Å². The minimum atomic E-state index is -0.204. The van der Waals surface area contributed by atoms with Crippen LogP contribution in [0.15, 0.2) is 23.1 Å². The fourth-order valence-corrected chi connectivity index (χ4v) is 4.84. The van der Waals surface area contributed by atoms with Gasteiger partial charge in [-0.2, -0.15) is 9.61 Å². The Morgan fingerprint density at radius 3 is 2.59 bits per heavy atom. The molecule has 4 aromatic heterocycles. The summed E-state index contributed by atoms with van der Waals surface area (Å²) in [6, 6.07) is 4.14. The molecule has 1 aliphatic rings. The quantitative estimate of drug-likeness (QED) is 0.537. The zero-order chi connectivity index (χ0) is 20.3. The average molecular weight is 411 g/mol. The highest BCUT2D eigenvalue weighted by Gasteiger charge is 2.24. The van der Waals surface area contributed by atoms with E-state index in [0.717, 1.165) is 35.1 Å². The van der Waals surface area contributed by atoms with Crippen molar-refractivity contribution >= 4 is 27.1 Å². The molecule has 2 atom stereocenters. The largest absolute Gasteiger partial charge is 0.344 e. The summed E-state index contributed by atoms with van der Waals surface area (Å²) in [7, 11) is 0. The van der Waals surface area contributed by atoms with Crippen molar-refractivity contribution in [3.8, 4) is 11.4 Å². The maximum Gasteiger partial charge on any atom is 0.275 e. The number of nitrogens with zero attached hydrogens (tertiary/aromatic N) is 7. The first-order valence-corrected chi connectivity index (χ1v) is 10.4. The summed E-state index contributed by atoms with van der Waals surface area (Å²) in [5.74, 6) is 0. The summed E-state index contributed by atoms with van der Waals surface area (Å²) in [6.45, 7) is 9.92. The molecule has 1 aliphatic heterocycles. The van der Waals surface area contributed by atoms with Crippen LogP contribution >= 0.6 is 11.3 Å². The van der Waals surface area contributed by atoms with E-state index in [2.05, 4.69) is 39.2 Å². The van der Waals surface area contributed by atoms with Crippen molar-refractivity contribution in [3.05, 3.63) is 39.9 Å². The molecular weight excluding hydrogens is 388 g/mol. The summed E-state index contributed by atoms with van der Waals surface area (Å²) in [6.07, 6.45) is 1.87. The van der Waals surface area contributed by atoms with Crippen LogP contribution in [0.1, 0.15) is 25.1 Å². The maximum absolute atomic E-state index is 12.7. The van der Waals surface area contributed by atoms with Crippen molar-refractivity contribution in [2.24, 2.45) is 0 Å². The highest BCUT2D eigenvalue weighted by molar-refractivity contribution is 7.20. The van der Waals surface area contributed by atoms with E-state index < -0.39 is 0 Å². The van der Waals surface area contributed by atoms with Gasteiger partial charge in [-0.05, 0) is 39.3 Å². The molecule has 1 fully saturated rings. The summed E-state index contributed by atoms with van der Waals surface area (Å²) in [5, 5.41) is 13.5. The Morgan fingerprint density at radius 1 is 1.07 bits per heavy atom. The Morgan fingerprint density at radius 2 is 1.83 bits per heavy atom. The van der Waals surface area contributed by atoms with Crippen molar-refractivity contribution in [2.45, 2.75) is 39.8 Å². The van der Waals surface area contributed by atoms with Crippen LogP contribution in [0.3, 0.4) is 0 Å². The highest BCUT2D eigenvalue weighted by Crippen LogP contribution is 2.25. The predicted octanol–water partition coefficient (Wildman–Crippen LogP) is 1.66. The molecule has 0 aliphatic carbocycles. The van der Waals surface area contributed by atoms with Gasteiger partial charge in [-0.1, -0.05) is 11.3 Å². The van der Waals surface area contributed by atoms with Gasteiger partial charge >= 0.3 is 0 Å². The monoisotopic (exact) mass is 410 g/mol. The molecule has 4 aromatic rings. The average Bonchev–Trinajstić information content (AvgIpc) is 3.24. The van der Waals surface area contributed by atoms with E-state index in [-0.39, 0.29) is 5.56 Å². The van der Waals surface area contributed by atoms with E-state index in [1.165, 1.54) is 21.9 Å². The summed E-state index contributed by atoms with van der Waals surface area (Å²) in [4.78, 5) is 24.7. The molecule has 29 heavy (non-hydrogen) atoms. The SMILES string of the molecule is Cc1cn2nc(-c3cc(=O)n4nc(N5C[C@@H](C)N[C@@H](C)C5)sc4n3)cc(C)c2n1. The Balaban J connectivity index is 1.59. The second kappa shape index (κ2) is 6.60. The molecule has 150 valence electrons. The van der Waals surface area contributed by atoms with Gasteiger partial charge in [-0.25, -0.2) is 14.5 Å². The summed E-state index contributed by atoms with van der Waals surface area (Å²) in [5.41, 5.74) is 3.68. The maximum atomic E-state index is 12.7. The second-order valence-electron chi connectivity index (χ2n) is 7.80. The van der Waals surface area contributed by atoms with E-state index in [4.69, 9.17) is 4.98 Å². The Bertz CT molecular complexity index is 1280. The number of anilines is 1. The van der Waals surface area contributed by atoms with Crippen molar-refractivity contribution in [2.75, 3.05) is 18.0 Å². The Hall–Kier alpha value is -2.85.